The van der Waals surface area contributed by atoms with Crippen LogP contribution < -0.4 is 4.90 Å². The molecule has 9 heteroatoms. The first-order chi connectivity index (χ1) is 17.2. The van der Waals surface area contributed by atoms with Gasteiger partial charge in [0, 0.05) is 36.0 Å². The molecule has 0 atom stereocenters. The molecule has 0 unspecified atom stereocenters. The Kier molecular flexibility index (Phi) is 5.36. The van der Waals surface area contributed by atoms with Gasteiger partial charge in [-0.1, -0.05) is 18.5 Å². The van der Waals surface area contributed by atoms with Gasteiger partial charge in [0.15, 0.2) is 5.82 Å². The zero-order chi connectivity index (χ0) is 25.2. The number of nitriles is 1. The van der Waals surface area contributed by atoms with Gasteiger partial charge in [0.1, 0.15) is 23.0 Å². The molecule has 1 saturated carbocycles. The van der Waals surface area contributed by atoms with Crippen LogP contribution in [0, 0.1) is 22.6 Å². The molecule has 2 aromatic heterocycles. The van der Waals surface area contributed by atoms with Crippen molar-refractivity contribution in [2.75, 3.05) is 18.0 Å². The summed E-state index contributed by atoms with van der Waals surface area (Å²) in [5, 5.41) is 19.7. The summed E-state index contributed by atoms with van der Waals surface area (Å²) in [4.78, 5) is 8.70. The molecule has 6 rings (SSSR count). The van der Waals surface area contributed by atoms with E-state index >= 15 is 0 Å². The topological polar surface area (TPSA) is 73.9 Å². The van der Waals surface area contributed by atoms with Gasteiger partial charge in [0.25, 0.3) is 0 Å². The highest BCUT2D eigenvalue weighted by atomic mass is 35.5. The van der Waals surface area contributed by atoms with E-state index in [0.717, 1.165) is 54.6 Å². The van der Waals surface area contributed by atoms with Gasteiger partial charge in [0.2, 0.25) is 0 Å². The molecule has 0 bridgehead atoms. The highest BCUT2D eigenvalue weighted by Crippen LogP contribution is 2.56. The maximum absolute atomic E-state index is 13.9. The number of fused-ring (bicyclic) bond motifs is 3. The number of anilines is 1. The lowest BCUT2D eigenvalue weighted by molar-refractivity contribution is 0.0581. The van der Waals surface area contributed by atoms with E-state index in [-0.39, 0.29) is 11.2 Å². The van der Waals surface area contributed by atoms with Crippen molar-refractivity contribution in [3.05, 3.63) is 64.1 Å². The molecular formula is C27H29ClFN7. The van der Waals surface area contributed by atoms with E-state index in [4.69, 9.17) is 11.6 Å². The van der Waals surface area contributed by atoms with Crippen LogP contribution in [-0.4, -0.2) is 43.3 Å². The van der Waals surface area contributed by atoms with Crippen molar-refractivity contribution in [3.8, 4) is 11.8 Å². The zero-order valence-electron chi connectivity index (χ0n) is 20.8. The summed E-state index contributed by atoms with van der Waals surface area (Å²) < 4.78 is 16.1. The van der Waals surface area contributed by atoms with Gasteiger partial charge in [-0.3, -0.25) is 9.47 Å². The lowest BCUT2D eigenvalue weighted by Crippen LogP contribution is -2.62. The molecular weight excluding hydrogens is 477 g/mol. The molecule has 0 N–H and O–H groups in total. The SMILES string of the molecule is CCc1cc(N2CC3(CC(c4nnc5n4-c4ccc(Cl)cc4CN(C(C)(C)C#N)C5)C3)C2)ncc1F. The molecule has 1 spiro atoms. The summed E-state index contributed by atoms with van der Waals surface area (Å²) in [7, 11) is 0. The van der Waals surface area contributed by atoms with Crippen molar-refractivity contribution in [3.63, 3.8) is 0 Å². The van der Waals surface area contributed by atoms with E-state index in [2.05, 4.69) is 35.6 Å². The van der Waals surface area contributed by atoms with Crippen molar-refractivity contribution in [1.29, 1.82) is 5.26 Å². The van der Waals surface area contributed by atoms with Crippen LogP contribution in [0.25, 0.3) is 5.69 Å². The molecule has 3 aromatic rings. The summed E-state index contributed by atoms with van der Waals surface area (Å²) in [6.45, 7) is 8.85. The van der Waals surface area contributed by atoms with Crippen LogP contribution in [0.15, 0.2) is 30.5 Å². The molecule has 36 heavy (non-hydrogen) atoms. The first-order valence-corrected chi connectivity index (χ1v) is 12.9. The largest absolute Gasteiger partial charge is 0.355 e. The number of nitrogens with zero attached hydrogens (tertiary/aromatic N) is 7. The third-order valence-electron chi connectivity index (χ3n) is 8.20. The predicted molar refractivity (Wildman–Crippen MR) is 136 cm³/mol. The highest BCUT2D eigenvalue weighted by molar-refractivity contribution is 6.30. The minimum atomic E-state index is -0.650. The zero-order valence-corrected chi connectivity index (χ0v) is 21.6. The molecule has 186 valence electrons. The molecule has 2 aliphatic heterocycles. The number of halogens is 2. The predicted octanol–water partition coefficient (Wildman–Crippen LogP) is 5.02. The number of pyridine rings is 1. The molecule has 2 fully saturated rings. The van der Waals surface area contributed by atoms with E-state index in [0.29, 0.717) is 36.0 Å². The second-order valence-corrected chi connectivity index (χ2v) is 11.5. The number of hydrogen-bond acceptors (Lipinski definition) is 6. The summed E-state index contributed by atoms with van der Waals surface area (Å²) >= 11 is 6.37. The third kappa shape index (κ3) is 3.68. The fraction of sp³-hybridized carbons (Fsp3) is 0.481. The number of benzene rings is 1. The van der Waals surface area contributed by atoms with Crippen LogP contribution in [0.2, 0.25) is 5.02 Å². The van der Waals surface area contributed by atoms with E-state index in [1.54, 1.807) is 0 Å². The highest BCUT2D eigenvalue weighted by Gasteiger charge is 2.54. The summed E-state index contributed by atoms with van der Waals surface area (Å²) in [6.07, 6.45) is 4.09. The molecule has 0 amide bonds. The normalized spacial score (nSPS) is 19.2. The fourth-order valence-electron chi connectivity index (χ4n) is 6.02. The number of hydrogen-bond donors (Lipinski definition) is 0. The van der Waals surface area contributed by atoms with Crippen LogP contribution in [-0.2, 0) is 19.5 Å². The second kappa shape index (κ2) is 8.25. The van der Waals surface area contributed by atoms with Crippen molar-refractivity contribution < 1.29 is 4.39 Å². The Morgan fingerprint density at radius 1 is 1.19 bits per heavy atom. The Balaban J connectivity index is 1.24. The van der Waals surface area contributed by atoms with Crippen LogP contribution in [0.5, 0.6) is 0 Å². The van der Waals surface area contributed by atoms with E-state index in [9.17, 15) is 9.65 Å². The van der Waals surface area contributed by atoms with Crippen molar-refractivity contribution in [2.24, 2.45) is 5.41 Å². The van der Waals surface area contributed by atoms with E-state index in [1.165, 1.54) is 6.20 Å². The van der Waals surface area contributed by atoms with Gasteiger partial charge >= 0.3 is 0 Å². The smallest absolute Gasteiger partial charge is 0.151 e. The summed E-state index contributed by atoms with van der Waals surface area (Å²) in [5.41, 5.74) is 2.43. The molecule has 3 aliphatic rings. The van der Waals surface area contributed by atoms with Crippen molar-refractivity contribution >= 4 is 17.4 Å². The van der Waals surface area contributed by atoms with Crippen molar-refractivity contribution in [2.45, 2.75) is 64.6 Å². The summed E-state index contributed by atoms with van der Waals surface area (Å²) in [5.74, 6) is 2.80. The first-order valence-electron chi connectivity index (χ1n) is 12.5. The molecule has 0 radical (unpaired) electrons. The maximum atomic E-state index is 13.9. The van der Waals surface area contributed by atoms with Crippen LogP contribution in [0.1, 0.15) is 62.3 Å². The molecule has 1 aliphatic carbocycles. The fourth-order valence-corrected chi connectivity index (χ4v) is 6.21. The van der Waals surface area contributed by atoms with Gasteiger partial charge in [0.05, 0.1) is 24.5 Å². The average molecular weight is 506 g/mol. The van der Waals surface area contributed by atoms with Crippen LogP contribution in [0.4, 0.5) is 10.2 Å². The average Bonchev–Trinajstić information content (AvgIpc) is 3.12. The molecule has 7 nitrogen and oxygen atoms in total. The summed E-state index contributed by atoms with van der Waals surface area (Å²) in [6, 6.07) is 10.2. The van der Waals surface area contributed by atoms with Gasteiger partial charge in [-0.05, 0) is 68.5 Å². The second-order valence-electron chi connectivity index (χ2n) is 11.1. The lowest BCUT2D eigenvalue weighted by atomic mass is 9.57. The molecule has 4 heterocycles. The monoisotopic (exact) mass is 505 g/mol. The Morgan fingerprint density at radius 2 is 1.97 bits per heavy atom. The Hall–Kier alpha value is -3.02. The minimum Gasteiger partial charge on any atom is -0.355 e. The quantitative estimate of drug-likeness (QED) is 0.495. The maximum Gasteiger partial charge on any atom is 0.151 e. The molecule has 1 saturated heterocycles. The van der Waals surface area contributed by atoms with Crippen molar-refractivity contribution in [1.82, 2.24) is 24.6 Å². The van der Waals surface area contributed by atoms with Crippen LogP contribution in [0.3, 0.4) is 0 Å². The number of aromatic nitrogens is 4. The third-order valence-corrected chi connectivity index (χ3v) is 8.43. The number of aryl methyl sites for hydroxylation is 1. The van der Waals surface area contributed by atoms with Gasteiger partial charge in [-0.25, -0.2) is 9.37 Å². The van der Waals surface area contributed by atoms with Gasteiger partial charge in [-0.15, -0.1) is 10.2 Å². The minimum absolute atomic E-state index is 0.231. The Morgan fingerprint density at radius 3 is 2.69 bits per heavy atom. The van der Waals surface area contributed by atoms with E-state index in [1.807, 2.05) is 45.0 Å². The van der Waals surface area contributed by atoms with Crippen LogP contribution >= 0.6 is 11.6 Å². The first kappa shape index (κ1) is 23.4. The van der Waals surface area contributed by atoms with Gasteiger partial charge < -0.3 is 4.90 Å². The van der Waals surface area contributed by atoms with E-state index < -0.39 is 5.54 Å². The molecule has 1 aromatic carbocycles. The Labute approximate surface area is 215 Å². The van der Waals surface area contributed by atoms with Gasteiger partial charge in [-0.2, -0.15) is 5.26 Å². The standard InChI is InChI=1S/C27H29ClFN7/c1-4-17-8-23(31-11-21(17)29)34-15-27(16-34)9-19(10-27)25-33-32-24-13-35(26(2,3)14-30)12-18-7-20(28)5-6-22(18)36(24)25/h5-8,11,19H,4,9-10,12-13,15-16H2,1-3H3. The Bertz CT molecular complexity index is 1380. The lowest BCUT2D eigenvalue weighted by Gasteiger charge is -2.59. The number of rotatable bonds is 4.